The maximum absolute atomic E-state index is 13.4. The van der Waals surface area contributed by atoms with Crippen molar-refractivity contribution in [2.75, 3.05) is 6.54 Å². The molecule has 6 nitrogen and oxygen atoms in total. The fraction of sp³-hybridized carbons (Fsp3) is 0.300. The van der Waals surface area contributed by atoms with Crippen molar-refractivity contribution in [2.45, 2.75) is 44.3 Å². The van der Waals surface area contributed by atoms with Crippen LogP contribution in [0.5, 0.6) is 0 Å². The summed E-state index contributed by atoms with van der Waals surface area (Å²) in [5.74, 6) is -1.14. The van der Waals surface area contributed by atoms with Gasteiger partial charge in [0.25, 0.3) is 0 Å². The summed E-state index contributed by atoms with van der Waals surface area (Å²) in [7, 11) is 0. The first kappa shape index (κ1) is 26.8. The molecule has 194 valence electrons. The summed E-state index contributed by atoms with van der Waals surface area (Å²) < 4.78 is 0. The van der Waals surface area contributed by atoms with E-state index in [-0.39, 0.29) is 34.4 Å². The van der Waals surface area contributed by atoms with Crippen LogP contribution in [0, 0.1) is 5.92 Å². The molecule has 0 spiro atoms. The van der Waals surface area contributed by atoms with E-state index in [4.69, 9.17) is 4.99 Å². The number of aliphatic imine (C=N–C) groups is 1. The standard InChI is InChI=1S/C30H31N3O3.Ni/c1-21-19-30(21,29(35)36)32-27(23-13-6-3-7-14-23)24-15-8-9-16-25(24)31-28(34)26-17-10-18-33(26)20-22-11-4-2-5-12-22;/h2-9,11-16,21,26H,10,17-20H2,1H3,(H2,31,32,34,35,36);/p-1/t21-,26+,30+;/m1./s1. The van der Waals surface area contributed by atoms with Crippen molar-refractivity contribution in [2.24, 2.45) is 10.9 Å². The van der Waals surface area contributed by atoms with Crippen LogP contribution in [0.3, 0.4) is 0 Å². The number of rotatable bonds is 8. The number of hydrogen-bond acceptors (Lipinski definition) is 4. The molecule has 1 heterocycles. The van der Waals surface area contributed by atoms with Crippen molar-refractivity contribution in [3.05, 3.63) is 107 Å². The quantitative estimate of drug-likeness (QED) is 0.299. The first-order valence-electron chi connectivity index (χ1n) is 12.5. The first-order valence-corrected chi connectivity index (χ1v) is 12.5. The minimum absolute atomic E-state index is 0. The van der Waals surface area contributed by atoms with Crippen molar-refractivity contribution in [1.29, 1.82) is 0 Å². The maximum Gasteiger partial charge on any atom is 0.331 e. The molecule has 1 saturated heterocycles. The number of hydrogen-bond donors (Lipinski definition) is 1. The van der Waals surface area contributed by atoms with Gasteiger partial charge in [0, 0.05) is 28.6 Å². The Morgan fingerprint density at radius 3 is 2.27 bits per heavy atom. The van der Waals surface area contributed by atoms with E-state index in [1.54, 1.807) is 0 Å². The van der Waals surface area contributed by atoms with Crippen LogP contribution in [-0.2, 0) is 32.6 Å². The monoisotopic (exact) mass is 538 g/mol. The van der Waals surface area contributed by atoms with Gasteiger partial charge < -0.3 is 15.2 Å². The molecule has 1 N–H and O–H groups in total. The topological polar surface area (TPSA) is 84.1 Å². The largest absolute Gasteiger partial charge is 0.625 e. The van der Waals surface area contributed by atoms with E-state index in [9.17, 15) is 14.7 Å². The Bertz CT molecular complexity index is 1280. The summed E-state index contributed by atoms with van der Waals surface area (Å²) in [5, 5.41) is 14.5. The molecule has 0 bridgehead atoms. The summed E-state index contributed by atoms with van der Waals surface area (Å²) in [6.07, 6.45) is 2.22. The van der Waals surface area contributed by atoms with E-state index < -0.39 is 11.5 Å². The predicted molar refractivity (Wildman–Crippen MR) is 141 cm³/mol. The zero-order chi connectivity index (χ0) is 25.1. The van der Waals surface area contributed by atoms with Crippen LogP contribution >= 0.6 is 0 Å². The second-order valence-corrected chi connectivity index (χ2v) is 9.74. The van der Waals surface area contributed by atoms with E-state index >= 15 is 0 Å². The summed E-state index contributed by atoms with van der Waals surface area (Å²) in [5.41, 5.74) is 2.59. The molecule has 3 aromatic carbocycles. The molecule has 1 amide bonds. The van der Waals surface area contributed by atoms with Gasteiger partial charge >= 0.3 is 5.97 Å². The molecule has 5 rings (SSSR count). The molecular weight excluding hydrogens is 509 g/mol. The van der Waals surface area contributed by atoms with Gasteiger partial charge in [-0.3, -0.25) is 9.89 Å². The number of nitrogens with zero attached hydrogens (tertiary/aromatic N) is 3. The molecule has 0 radical (unpaired) electrons. The van der Waals surface area contributed by atoms with Gasteiger partial charge in [-0.25, -0.2) is 4.79 Å². The molecule has 37 heavy (non-hydrogen) atoms. The van der Waals surface area contributed by atoms with Gasteiger partial charge in [0.2, 0.25) is 0 Å². The number of amides is 1. The second kappa shape index (κ2) is 11.4. The number of carbonyl (C=O) groups excluding carboxylic acids is 1. The van der Waals surface area contributed by atoms with Crippen LogP contribution in [0.4, 0.5) is 5.69 Å². The summed E-state index contributed by atoms with van der Waals surface area (Å²) in [4.78, 5) is 32.6. The van der Waals surface area contributed by atoms with E-state index in [1.807, 2.05) is 79.7 Å². The smallest absolute Gasteiger partial charge is 0.331 e. The average molecular weight is 539 g/mol. The Kier molecular flexibility index (Phi) is 8.26. The fourth-order valence-corrected chi connectivity index (χ4v) is 5.06. The summed E-state index contributed by atoms with van der Waals surface area (Å²) in [6.45, 7) is 3.48. The predicted octanol–water partition coefficient (Wildman–Crippen LogP) is 5.58. The molecule has 0 unspecified atom stereocenters. The van der Waals surface area contributed by atoms with Gasteiger partial charge in [-0.2, -0.15) is 0 Å². The van der Waals surface area contributed by atoms with Gasteiger partial charge in [-0.1, -0.05) is 91.9 Å². The van der Waals surface area contributed by atoms with Crippen LogP contribution in [0.2, 0.25) is 0 Å². The van der Waals surface area contributed by atoms with Crippen molar-refractivity contribution in [1.82, 2.24) is 4.90 Å². The van der Waals surface area contributed by atoms with Gasteiger partial charge in [-0.05, 0) is 42.9 Å². The molecule has 1 aliphatic heterocycles. The van der Waals surface area contributed by atoms with Crippen LogP contribution in [0.15, 0.2) is 89.9 Å². The van der Waals surface area contributed by atoms with Gasteiger partial charge in [0.1, 0.15) is 0 Å². The minimum Gasteiger partial charge on any atom is -0.625 e. The third-order valence-electron chi connectivity index (χ3n) is 7.27. The molecule has 2 aliphatic rings. The maximum atomic E-state index is 13.4. The van der Waals surface area contributed by atoms with Crippen LogP contribution in [0.1, 0.15) is 42.9 Å². The average Bonchev–Trinajstić information content (AvgIpc) is 3.33. The number of para-hydroxylation sites is 1. The normalized spacial score (nSPS) is 23.2. The Morgan fingerprint density at radius 1 is 1.00 bits per heavy atom. The van der Waals surface area contributed by atoms with Crippen LogP contribution in [-0.4, -0.2) is 45.7 Å². The zero-order valence-electron chi connectivity index (χ0n) is 20.7. The van der Waals surface area contributed by atoms with E-state index in [2.05, 4.69) is 22.3 Å². The molecule has 1 aliphatic carbocycles. The van der Waals surface area contributed by atoms with Gasteiger partial charge in [0.15, 0.2) is 5.54 Å². The number of aliphatic carboxylic acids is 1. The van der Waals surface area contributed by atoms with Crippen LogP contribution in [0.25, 0.3) is 5.32 Å². The number of carboxylic acid groups (broad SMARTS) is 1. The molecule has 7 heteroatoms. The summed E-state index contributed by atoms with van der Waals surface area (Å²) in [6, 6.07) is 26.8. The number of benzene rings is 3. The molecule has 3 atom stereocenters. The third kappa shape index (κ3) is 5.68. The van der Waals surface area contributed by atoms with Crippen molar-refractivity contribution in [3.63, 3.8) is 0 Å². The van der Waals surface area contributed by atoms with Gasteiger partial charge in [0.05, 0.1) is 17.7 Å². The zero-order valence-corrected chi connectivity index (χ0v) is 21.7. The van der Waals surface area contributed by atoms with Crippen molar-refractivity contribution >= 4 is 23.3 Å². The second-order valence-electron chi connectivity index (χ2n) is 9.74. The number of carboxylic acids is 1. The van der Waals surface area contributed by atoms with E-state index in [1.165, 1.54) is 5.56 Å². The van der Waals surface area contributed by atoms with Crippen molar-refractivity contribution < 1.29 is 31.2 Å². The number of likely N-dealkylation sites (tertiary alicyclic amines) is 1. The van der Waals surface area contributed by atoms with Gasteiger partial charge in [-0.15, -0.1) is 5.69 Å². The molecule has 1 saturated carbocycles. The SMILES string of the molecule is C[C@@H]1C[C@@]1(N=C(c1ccccc1)c1ccccc1[N-]C(=O)[C@@H]1CCCN1Cc1ccccc1)C(=O)O.[Ni]. The summed E-state index contributed by atoms with van der Waals surface area (Å²) >= 11 is 0. The molecular formula is C30H30N3NiO3-. The third-order valence-corrected chi connectivity index (χ3v) is 7.27. The Labute approximate surface area is 227 Å². The molecule has 3 aromatic rings. The minimum atomic E-state index is -1.14. The Hall–Kier alpha value is -3.28. The number of carbonyl (C=O) groups is 2. The van der Waals surface area contributed by atoms with Crippen LogP contribution < -0.4 is 0 Å². The molecule has 0 aromatic heterocycles. The first-order chi connectivity index (χ1) is 17.5. The van der Waals surface area contributed by atoms with Crippen molar-refractivity contribution in [3.8, 4) is 0 Å². The Morgan fingerprint density at radius 2 is 1.62 bits per heavy atom. The fourth-order valence-electron chi connectivity index (χ4n) is 5.06. The molecule has 2 fully saturated rings. The Balaban J connectivity index is 0.00000320. The van der Waals surface area contributed by atoms with E-state index in [0.717, 1.165) is 24.9 Å². The van der Waals surface area contributed by atoms with E-state index in [0.29, 0.717) is 29.9 Å².